The van der Waals surface area contributed by atoms with E-state index >= 15 is 0 Å². The van der Waals surface area contributed by atoms with Gasteiger partial charge in [-0.2, -0.15) is 0 Å². The Bertz CT molecular complexity index is 127. The van der Waals surface area contributed by atoms with E-state index in [1.54, 1.807) is 6.08 Å². The van der Waals surface area contributed by atoms with Crippen molar-refractivity contribution in [3.8, 4) is 0 Å². The summed E-state index contributed by atoms with van der Waals surface area (Å²) < 4.78 is 4.37. The first-order valence-electron chi connectivity index (χ1n) is 3.13. The van der Waals surface area contributed by atoms with E-state index in [9.17, 15) is 4.79 Å². The standard InChI is InChI=1S/C8H11O2/c1-3-4-5-6-8(2)10-7-9/h2-3,7H,1,4-6H2. The smallest absolute Gasteiger partial charge is 0.298 e. The summed E-state index contributed by atoms with van der Waals surface area (Å²) in [6.07, 6.45) is 4.19. The third kappa shape index (κ3) is 5.09. The van der Waals surface area contributed by atoms with Gasteiger partial charge in [-0.25, -0.2) is 0 Å². The molecule has 0 aromatic rings. The highest BCUT2D eigenvalue weighted by Crippen LogP contribution is 2.04. The average molecular weight is 139 g/mol. The molecule has 0 spiro atoms. The van der Waals surface area contributed by atoms with Crippen molar-refractivity contribution in [3.63, 3.8) is 0 Å². The summed E-state index contributed by atoms with van der Waals surface area (Å²) in [5, 5.41) is 0. The Balaban J connectivity index is 3.20. The molecule has 0 heterocycles. The van der Waals surface area contributed by atoms with Crippen LogP contribution in [0.4, 0.5) is 0 Å². The second-order valence-corrected chi connectivity index (χ2v) is 1.86. The summed E-state index contributed by atoms with van der Waals surface area (Å²) in [6, 6.07) is 0. The molecule has 0 aliphatic rings. The lowest BCUT2D eigenvalue weighted by Crippen LogP contribution is -1.87. The fourth-order valence-corrected chi connectivity index (χ4v) is 0.541. The van der Waals surface area contributed by atoms with Gasteiger partial charge in [0, 0.05) is 6.42 Å². The monoisotopic (exact) mass is 139 g/mol. The highest BCUT2D eigenvalue weighted by atomic mass is 16.5. The third-order valence-corrected chi connectivity index (χ3v) is 1.03. The van der Waals surface area contributed by atoms with E-state index in [0.717, 1.165) is 12.8 Å². The number of allylic oxidation sites excluding steroid dienone is 2. The summed E-state index contributed by atoms with van der Waals surface area (Å²) >= 11 is 0. The van der Waals surface area contributed by atoms with Crippen LogP contribution in [0.1, 0.15) is 19.3 Å². The van der Waals surface area contributed by atoms with Crippen LogP contribution in [-0.2, 0) is 9.53 Å². The van der Waals surface area contributed by atoms with Crippen LogP contribution in [-0.4, -0.2) is 6.47 Å². The minimum absolute atomic E-state index is 0.275. The predicted molar refractivity (Wildman–Crippen MR) is 39.0 cm³/mol. The van der Waals surface area contributed by atoms with Crippen molar-refractivity contribution in [2.45, 2.75) is 19.3 Å². The summed E-state index contributed by atoms with van der Waals surface area (Å²) in [5.41, 5.74) is 0. The van der Waals surface area contributed by atoms with Crippen molar-refractivity contribution in [2.75, 3.05) is 0 Å². The maximum Gasteiger partial charge on any atom is 0.298 e. The zero-order valence-electron chi connectivity index (χ0n) is 5.88. The number of rotatable bonds is 6. The van der Waals surface area contributed by atoms with Gasteiger partial charge in [0.1, 0.15) is 5.76 Å². The molecule has 0 atom stereocenters. The lowest BCUT2D eigenvalue weighted by Gasteiger charge is -1.98. The van der Waals surface area contributed by atoms with E-state index in [-0.39, 0.29) is 5.76 Å². The first-order valence-corrected chi connectivity index (χ1v) is 3.13. The molecule has 0 aromatic carbocycles. The second kappa shape index (κ2) is 6.08. The van der Waals surface area contributed by atoms with Crippen molar-refractivity contribution in [1.29, 1.82) is 0 Å². The molecule has 10 heavy (non-hydrogen) atoms. The Morgan fingerprint density at radius 2 is 2.40 bits per heavy atom. The highest BCUT2D eigenvalue weighted by molar-refractivity contribution is 5.39. The van der Waals surface area contributed by atoms with Gasteiger partial charge in [-0.1, -0.05) is 6.08 Å². The van der Waals surface area contributed by atoms with Crippen LogP contribution in [0, 0.1) is 6.58 Å². The fraction of sp³-hybridized carbons (Fsp3) is 0.375. The van der Waals surface area contributed by atoms with Crippen LogP contribution in [0.15, 0.2) is 18.4 Å². The van der Waals surface area contributed by atoms with Crippen LogP contribution in [0.5, 0.6) is 0 Å². The van der Waals surface area contributed by atoms with Crippen LogP contribution >= 0.6 is 0 Å². The first kappa shape index (κ1) is 8.95. The Labute approximate surface area is 61.2 Å². The summed E-state index contributed by atoms with van der Waals surface area (Å²) in [5.74, 6) is 0.275. The number of unbranched alkanes of at least 4 members (excludes halogenated alkanes) is 1. The zero-order chi connectivity index (χ0) is 7.82. The fourth-order valence-electron chi connectivity index (χ4n) is 0.541. The molecule has 0 aliphatic heterocycles. The van der Waals surface area contributed by atoms with Gasteiger partial charge in [0.25, 0.3) is 6.47 Å². The normalized spacial score (nSPS) is 8.40. The van der Waals surface area contributed by atoms with Crippen LogP contribution in [0.25, 0.3) is 0 Å². The molecule has 2 nitrogen and oxygen atoms in total. The van der Waals surface area contributed by atoms with Crippen molar-refractivity contribution in [3.05, 3.63) is 25.0 Å². The van der Waals surface area contributed by atoms with Crippen molar-refractivity contribution in [1.82, 2.24) is 0 Å². The van der Waals surface area contributed by atoms with Crippen molar-refractivity contribution < 1.29 is 9.53 Å². The second-order valence-electron chi connectivity index (χ2n) is 1.86. The molecule has 0 bridgehead atoms. The van der Waals surface area contributed by atoms with E-state index in [1.165, 1.54) is 0 Å². The van der Waals surface area contributed by atoms with Gasteiger partial charge in [0.15, 0.2) is 0 Å². The molecule has 0 saturated heterocycles. The number of hydrogen-bond acceptors (Lipinski definition) is 2. The van der Waals surface area contributed by atoms with Crippen LogP contribution < -0.4 is 0 Å². The molecular formula is C8H11O2. The summed E-state index contributed by atoms with van der Waals surface area (Å²) in [4.78, 5) is 9.70. The van der Waals surface area contributed by atoms with E-state index < -0.39 is 0 Å². The maximum atomic E-state index is 9.70. The largest absolute Gasteiger partial charge is 0.433 e. The van der Waals surface area contributed by atoms with Gasteiger partial charge < -0.3 is 4.74 Å². The quantitative estimate of drug-likeness (QED) is 0.243. The molecule has 0 amide bonds. The molecule has 55 valence electrons. The van der Waals surface area contributed by atoms with E-state index in [0.29, 0.717) is 12.9 Å². The van der Waals surface area contributed by atoms with Crippen molar-refractivity contribution in [2.24, 2.45) is 0 Å². The Morgan fingerprint density at radius 3 is 2.90 bits per heavy atom. The van der Waals surface area contributed by atoms with Crippen LogP contribution in [0.3, 0.4) is 0 Å². The lowest BCUT2D eigenvalue weighted by molar-refractivity contribution is -0.125. The minimum atomic E-state index is 0.275. The molecular weight excluding hydrogens is 128 g/mol. The topological polar surface area (TPSA) is 26.3 Å². The van der Waals surface area contributed by atoms with Gasteiger partial charge in [-0.05, 0) is 19.4 Å². The Hall–Kier alpha value is -1.05. The minimum Gasteiger partial charge on any atom is -0.433 e. The van der Waals surface area contributed by atoms with Crippen molar-refractivity contribution >= 4 is 6.47 Å². The molecule has 2 heteroatoms. The Kier molecular flexibility index (Phi) is 5.44. The first-order chi connectivity index (χ1) is 4.81. The number of carbonyl (C=O) groups is 1. The molecule has 0 saturated carbocycles. The average Bonchev–Trinajstić information content (AvgIpc) is 1.89. The Morgan fingerprint density at radius 1 is 1.70 bits per heavy atom. The van der Waals surface area contributed by atoms with Gasteiger partial charge >= 0.3 is 0 Å². The van der Waals surface area contributed by atoms with Gasteiger partial charge in [0.05, 0.1) is 0 Å². The molecule has 0 aromatic heterocycles. The molecule has 0 fully saturated rings. The molecule has 0 N–H and O–H groups in total. The zero-order valence-corrected chi connectivity index (χ0v) is 5.88. The van der Waals surface area contributed by atoms with E-state index in [4.69, 9.17) is 6.58 Å². The van der Waals surface area contributed by atoms with Crippen LogP contribution in [0.2, 0.25) is 0 Å². The number of hydrogen-bond donors (Lipinski definition) is 0. The summed E-state index contributed by atoms with van der Waals surface area (Å²) in [7, 11) is 0. The molecule has 1 radical (unpaired) electrons. The number of ether oxygens (including phenoxy) is 1. The highest BCUT2D eigenvalue weighted by Gasteiger charge is 1.91. The van der Waals surface area contributed by atoms with E-state index in [2.05, 4.69) is 11.3 Å². The molecule has 0 unspecified atom stereocenters. The maximum absolute atomic E-state index is 9.70. The predicted octanol–water partition coefficient (Wildman–Crippen LogP) is 1.83. The molecule has 0 aliphatic carbocycles. The lowest BCUT2D eigenvalue weighted by atomic mass is 10.2. The summed E-state index contributed by atoms with van der Waals surface area (Å²) in [6.45, 7) is 9.13. The molecule has 0 rings (SSSR count). The SMILES string of the molecule is [CH]=C(CCCC=C)OC=O. The van der Waals surface area contributed by atoms with Gasteiger partial charge in [-0.15, -0.1) is 6.58 Å². The van der Waals surface area contributed by atoms with Gasteiger partial charge in [0.2, 0.25) is 0 Å². The number of carbonyl (C=O) groups excluding carboxylic acids is 1. The third-order valence-electron chi connectivity index (χ3n) is 1.03. The van der Waals surface area contributed by atoms with Gasteiger partial charge in [-0.3, -0.25) is 4.79 Å². The van der Waals surface area contributed by atoms with E-state index in [1.807, 2.05) is 0 Å².